The summed E-state index contributed by atoms with van der Waals surface area (Å²) in [6.07, 6.45) is -4.07. The average Bonchev–Trinajstić information content (AvgIpc) is 3.50. The summed E-state index contributed by atoms with van der Waals surface area (Å²) in [6, 6.07) is 0.756. The van der Waals surface area contributed by atoms with E-state index in [1.807, 2.05) is 6.92 Å². The molecule has 2 fully saturated rings. The van der Waals surface area contributed by atoms with Gasteiger partial charge in [0.2, 0.25) is 0 Å². The molecule has 3 atom stereocenters. The monoisotopic (exact) mass is 601 g/mol. The Balaban J connectivity index is 1.61. The molecule has 8 nitrogen and oxygen atoms in total. The molecule has 1 unspecified atom stereocenters. The first-order chi connectivity index (χ1) is 19.1. The second kappa shape index (κ2) is 11.7. The van der Waals surface area contributed by atoms with E-state index >= 15 is 0 Å². The number of carboxylic acids is 1. The fourth-order valence-corrected chi connectivity index (χ4v) is 6.15. The summed E-state index contributed by atoms with van der Waals surface area (Å²) in [5, 5.41) is 15.8. The van der Waals surface area contributed by atoms with Crippen molar-refractivity contribution in [1.29, 1.82) is 0 Å². The Labute approximate surface area is 239 Å². The van der Waals surface area contributed by atoms with Gasteiger partial charge in [-0.1, -0.05) is 18.5 Å². The van der Waals surface area contributed by atoms with Crippen LogP contribution in [0, 0.1) is 24.1 Å². The number of aliphatic carboxylic acids is 1. The quantitative estimate of drug-likeness (QED) is 0.283. The number of alkyl halides is 3. The van der Waals surface area contributed by atoms with E-state index in [0.717, 1.165) is 16.9 Å². The molecule has 13 heteroatoms. The molecule has 41 heavy (non-hydrogen) atoms. The third-order valence-electron chi connectivity index (χ3n) is 8.26. The maximum absolute atomic E-state index is 14.7. The van der Waals surface area contributed by atoms with Gasteiger partial charge in [-0.2, -0.15) is 18.3 Å². The van der Waals surface area contributed by atoms with Crippen molar-refractivity contribution in [1.82, 2.24) is 15.1 Å². The molecule has 2 aromatic rings. The minimum atomic E-state index is -4.95. The lowest BCUT2D eigenvalue weighted by Gasteiger charge is -2.34. The van der Waals surface area contributed by atoms with Crippen molar-refractivity contribution in [3.05, 3.63) is 51.6 Å². The number of nitrogens with zero attached hydrogens (tertiary/aromatic N) is 2. The van der Waals surface area contributed by atoms with E-state index in [9.17, 15) is 37.1 Å². The Kier molecular flexibility index (Phi) is 8.84. The molecule has 0 radical (unpaired) electrons. The SMILES string of the molecule is Cc1cc(F)c(C(=O)CC(NC(=O)c2cnn(C3CCC(C)(C(=O)O)CC3)c2C(F)(F)F)[C@@H]2OCC[C@H]2C)c(Cl)c1. The number of halogens is 5. The number of ether oxygens (including phenoxy) is 1. The van der Waals surface area contributed by atoms with Crippen LogP contribution in [0.3, 0.4) is 0 Å². The van der Waals surface area contributed by atoms with E-state index in [1.54, 1.807) is 13.8 Å². The summed E-state index contributed by atoms with van der Waals surface area (Å²) in [4.78, 5) is 38.1. The molecular formula is C28H32ClF4N3O5. The maximum atomic E-state index is 14.7. The molecule has 1 amide bonds. The Bertz CT molecular complexity index is 1310. The molecule has 2 aliphatic rings. The van der Waals surface area contributed by atoms with Gasteiger partial charge in [-0.3, -0.25) is 19.1 Å². The van der Waals surface area contributed by atoms with Gasteiger partial charge in [0, 0.05) is 13.0 Å². The number of benzene rings is 1. The molecule has 2 heterocycles. The summed E-state index contributed by atoms with van der Waals surface area (Å²) in [7, 11) is 0. The smallest absolute Gasteiger partial charge is 0.433 e. The Morgan fingerprint density at radius 3 is 2.44 bits per heavy atom. The zero-order valence-corrected chi connectivity index (χ0v) is 23.6. The molecule has 1 aliphatic heterocycles. The fourth-order valence-electron chi connectivity index (χ4n) is 5.78. The molecule has 1 aromatic heterocycles. The predicted molar refractivity (Wildman–Crippen MR) is 140 cm³/mol. The van der Waals surface area contributed by atoms with Crippen molar-refractivity contribution >= 4 is 29.3 Å². The number of nitrogens with one attached hydrogen (secondary N) is 1. The van der Waals surface area contributed by atoms with Crippen molar-refractivity contribution in [3.63, 3.8) is 0 Å². The normalized spacial score (nSPS) is 25.6. The lowest BCUT2D eigenvalue weighted by atomic mass is 9.74. The van der Waals surface area contributed by atoms with Gasteiger partial charge in [0.25, 0.3) is 5.91 Å². The van der Waals surface area contributed by atoms with Gasteiger partial charge in [0.1, 0.15) is 5.82 Å². The molecule has 224 valence electrons. The molecule has 4 rings (SSSR count). The third-order valence-corrected chi connectivity index (χ3v) is 8.56. The number of aryl methyl sites for hydroxylation is 1. The van der Waals surface area contributed by atoms with Crippen LogP contribution in [0.4, 0.5) is 17.6 Å². The van der Waals surface area contributed by atoms with E-state index in [2.05, 4.69) is 10.4 Å². The zero-order valence-electron chi connectivity index (χ0n) is 22.9. The van der Waals surface area contributed by atoms with Crippen LogP contribution >= 0.6 is 11.6 Å². The van der Waals surface area contributed by atoms with Crippen LogP contribution in [0.15, 0.2) is 18.3 Å². The molecule has 1 saturated heterocycles. The Morgan fingerprint density at radius 2 is 1.90 bits per heavy atom. The first-order valence-corrected chi connectivity index (χ1v) is 13.8. The highest BCUT2D eigenvalue weighted by atomic mass is 35.5. The Hall–Kier alpha value is -2.99. The van der Waals surface area contributed by atoms with Crippen LogP contribution in [0.25, 0.3) is 0 Å². The second-order valence-electron chi connectivity index (χ2n) is 11.4. The summed E-state index contributed by atoms with van der Waals surface area (Å²) in [5.41, 5.74) is -2.89. The number of amides is 1. The molecule has 1 aromatic carbocycles. The number of hydrogen-bond acceptors (Lipinski definition) is 5. The van der Waals surface area contributed by atoms with Crippen molar-refractivity contribution in [3.8, 4) is 0 Å². The van der Waals surface area contributed by atoms with Gasteiger partial charge < -0.3 is 15.2 Å². The number of Topliss-reactive ketones (excluding diaryl/α,β-unsaturated/α-hetero) is 1. The number of carbonyl (C=O) groups excluding carboxylic acids is 2. The van der Waals surface area contributed by atoms with Crippen molar-refractivity contribution in [2.24, 2.45) is 11.3 Å². The highest BCUT2D eigenvalue weighted by Gasteiger charge is 2.45. The third kappa shape index (κ3) is 6.43. The molecule has 0 spiro atoms. The fraction of sp³-hybridized carbons (Fsp3) is 0.571. The average molecular weight is 602 g/mol. The summed E-state index contributed by atoms with van der Waals surface area (Å²) in [5.74, 6) is -3.82. The van der Waals surface area contributed by atoms with Crippen LogP contribution in [-0.4, -0.2) is 51.3 Å². The summed E-state index contributed by atoms with van der Waals surface area (Å²) >= 11 is 6.14. The number of rotatable bonds is 8. The second-order valence-corrected chi connectivity index (χ2v) is 11.8. The van der Waals surface area contributed by atoms with Gasteiger partial charge in [0.05, 0.1) is 45.9 Å². The van der Waals surface area contributed by atoms with Crippen LogP contribution < -0.4 is 5.32 Å². The molecule has 1 saturated carbocycles. The largest absolute Gasteiger partial charge is 0.481 e. The lowest BCUT2D eigenvalue weighted by molar-refractivity contribution is -0.152. The highest BCUT2D eigenvalue weighted by molar-refractivity contribution is 6.34. The minimum Gasteiger partial charge on any atom is -0.481 e. The van der Waals surface area contributed by atoms with Crippen molar-refractivity contribution in [2.75, 3.05) is 6.61 Å². The van der Waals surface area contributed by atoms with E-state index in [-0.39, 0.29) is 42.2 Å². The van der Waals surface area contributed by atoms with Gasteiger partial charge in [-0.15, -0.1) is 0 Å². The van der Waals surface area contributed by atoms with Crippen LogP contribution in [0.2, 0.25) is 5.02 Å². The number of carboxylic acid groups (broad SMARTS) is 1. The van der Waals surface area contributed by atoms with E-state index in [1.165, 1.54) is 6.07 Å². The van der Waals surface area contributed by atoms with Crippen molar-refractivity contribution in [2.45, 2.75) is 83.7 Å². The minimum absolute atomic E-state index is 0.106. The van der Waals surface area contributed by atoms with Crippen LogP contribution in [0.1, 0.15) is 90.4 Å². The Morgan fingerprint density at radius 1 is 1.24 bits per heavy atom. The zero-order chi connectivity index (χ0) is 30.3. The molecular weight excluding hydrogens is 570 g/mol. The standard InChI is InChI=1S/C28H32ClF4N3O5/c1-14-10-18(29)22(19(30)11-14)21(37)12-20(23-15(2)6-9-41-23)35-25(38)17-13-34-36(24(17)28(31,32)33)16-4-7-27(3,8-5-16)26(39)40/h10-11,13,15-16,20,23H,4-9,12H2,1-3H3,(H,35,38)(H,39,40)/t15-,16?,20?,23-,27?/m1/s1. The van der Waals surface area contributed by atoms with E-state index in [4.69, 9.17) is 16.3 Å². The van der Waals surface area contributed by atoms with Gasteiger partial charge in [-0.25, -0.2) is 4.39 Å². The first-order valence-electron chi connectivity index (χ1n) is 13.4. The van der Waals surface area contributed by atoms with Gasteiger partial charge in [-0.05, 0) is 69.6 Å². The molecule has 2 N–H and O–H groups in total. The number of hydrogen-bond donors (Lipinski definition) is 2. The maximum Gasteiger partial charge on any atom is 0.433 e. The number of aromatic nitrogens is 2. The highest BCUT2D eigenvalue weighted by Crippen LogP contribution is 2.43. The molecule has 1 aliphatic carbocycles. The first kappa shape index (κ1) is 31.0. The van der Waals surface area contributed by atoms with Gasteiger partial charge >= 0.3 is 12.1 Å². The van der Waals surface area contributed by atoms with Crippen LogP contribution in [-0.2, 0) is 15.7 Å². The predicted octanol–water partition coefficient (Wildman–Crippen LogP) is 6.01. The topological polar surface area (TPSA) is 111 Å². The van der Waals surface area contributed by atoms with Crippen molar-refractivity contribution < 1.29 is 41.8 Å². The van der Waals surface area contributed by atoms with Gasteiger partial charge in [0.15, 0.2) is 11.5 Å². The van der Waals surface area contributed by atoms with Crippen LogP contribution in [0.5, 0.6) is 0 Å². The summed E-state index contributed by atoms with van der Waals surface area (Å²) < 4.78 is 64.1. The number of ketones is 1. The summed E-state index contributed by atoms with van der Waals surface area (Å²) in [6.45, 7) is 5.32. The molecule has 0 bridgehead atoms. The van der Waals surface area contributed by atoms with E-state index in [0.29, 0.717) is 18.6 Å². The lowest BCUT2D eigenvalue weighted by Crippen LogP contribution is -2.47. The van der Waals surface area contributed by atoms with E-state index < -0.39 is 70.9 Å². The number of carbonyl (C=O) groups is 3.